The molecule has 0 bridgehead atoms. The molecule has 2 aromatic carbocycles. The number of nitrogens with two attached hydrogens (primary N) is 1. The SMILES string of the molecule is Nc1ccc(F)c(NC(=O)c2ccc3ncccc3c2)c1. The maximum absolute atomic E-state index is 13.6. The first kappa shape index (κ1) is 13.1. The van der Waals surface area contributed by atoms with E-state index in [-0.39, 0.29) is 5.69 Å². The molecule has 3 N–H and O–H groups in total. The lowest BCUT2D eigenvalue weighted by molar-refractivity contribution is 0.102. The summed E-state index contributed by atoms with van der Waals surface area (Å²) < 4.78 is 13.6. The summed E-state index contributed by atoms with van der Waals surface area (Å²) in [6, 6.07) is 12.8. The van der Waals surface area contributed by atoms with Crippen molar-refractivity contribution >= 4 is 28.2 Å². The number of carbonyl (C=O) groups is 1. The van der Waals surface area contributed by atoms with Gasteiger partial charge in [0.1, 0.15) is 5.82 Å². The first-order valence-electron chi connectivity index (χ1n) is 6.34. The van der Waals surface area contributed by atoms with Crippen molar-refractivity contribution in [1.29, 1.82) is 0 Å². The molecule has 1 heterocycles. The number of hydrogen-bond donors (Lipinski definition) is 2. The Bertz CT molecular complexity index is 833. The smallest absolute Gasteiger partial charge is 0.255 e. The molecule has 0 saturated carbocycles. The minimum atomic E-state index is -0.528. The lowest BCUT2D eigenvalue weighted by Crippen LogP contribution is -2.13. The molecule has 0 saturated heterocycles. The van der Waals surface area contributed by atoms with Crippen LogP contribution in [0.15, 0.2) is 54.7 Å². The molecular formula is C16H12FN3O. The maximum atomic E-state index is 13.6. The van der Waals surface area contributed by atoms with Crippen LogP contribution in [0.4, 0.5) is 15.8 Å². The predicted octanol–water partition coefficient (Wildman–Crippen LogP) is 3.21. The fraction of sp³-hybridized carbons (Fsp3) is 0. The number of amides is 1. The first-order valence-corrected chi connectivity index (χ1v) is 6.34. The number of nitrogens with zero attached hydrogens (tertiary/aromatic N) is 1. The van der Waals surface area contributed by atoms with Crippen molar-refractivity contribution in [3.05, 3.63) is 66.1 Å². The van der Waals surface area contributed by atoms with Crippen LogP contribution < -0.4 is 11.1 Å². The van der Waals surface area contributed by atoms with E-state index < -0.39 is 11.7 Å². The van der Waals surface area contributed by atoms with E-state index in [0.29, 0.717) is 11.3 Å². The van der Waals surface area contributed by atoms with Crippen molar-refractivity contribution in [3.8, 4) is 0 Å². The average molecular weight is 281 g/mol. The normalized spacial score (nSPS) is 10.5. The number of fused-ring (bicyclic) bond motifs is 1. The van der Waals surface area contributed by atoms with Crippen molar-refractivity contribution in [2.24, 2.45) is 0 Å². The fourth-order valence-corrected chi connectivity index (χ4v) is 2.05. The number of rotatable bonds is 2. The molecule has 3 rings (SSSR count). The third-order valence-electron chi connectivity index (χ3n) is 3.10. The number of nitrogen functional groups attached to an aromatic ring is 1. The number of halogens is 1. The van der Waals surface area contributed by atoms with Crippen LogP contribution in [-0.4, -0.2) is 10.9 Å². The number of benzene rings is 2. The van der Waals surface area contributed by atoms with Crippen molar-refractivity contribution < 1.29 is 9.18 Å². The Morgan fingerprint density at radius 3 is 2.86 bits per heavy atom. The minimum absolute atomic E-state index is 0.0614. The molecule has 4 nitrogen and oxygen atoms in total. The fourth-order valence-electron chi connectivity index (χ4n) is 2.05. The Balaban J connectivity index is 1.91. The first-order chi connectivity index (χ1) is 10.1. The summed E-state index contributed by atoms with van der Waals surface area (Å²) in [6.45, 7) is 0. The summed E-state index contributed by atoms with van der Waals surface area (Å²) >= 11 is 0. The number of carbonyl (C=O) groups excluding carboxylic acids is 1. The van der Waals surface area contributed by atoms with Gasteiger partial charge in [-0.3, -0.25) is 9.78 Å². The monoisotopic (exact) mass is 281 g/mol. The van der Waals surface area contributed by atoms with E-state index >= 15 is 0 Å². The molecule has 5 heteroatoms. The highest BCUT2D eigenvalue weighted by Crippen LogP contribution is 2.19. The molecule has 0 aliphatic rings. The summed E-state index contributed by atoms with van der Waals surface area (Å²) in [5.74, 6) is -0.926. The van der Waals surface area contributed by atoms with Crippen molar-refractivity contribution in [2.75, 3.05) is 11.1 Å². The van der Waals surface area contributed by atoms with E-state index in [2.05, 4.69) is 10.3 Å². The van der Waals surface area contributed by atoms with Gasteiger partial charge in [0.05, 0.1) is 11.2 Å². The van der Waals surface area contributed by atoms with E-state index in [1.807, 2.05) is 6.07 Å². The predicted molar refractivity (Wildman–Crippen MR) is 80.5 cm³/mol. The highest BCUT2D eigenvalue weighted by Gasteiger charge is 2.10. The molecule has 21 heavy (non-hydrogen) atoms. The largest absolute Gasteiger partial charge is 0.399 e. The molecule has 1 amide bonds. The van der Waals surface area contributed by atoms with Gasteiger partial charge >= 0.3 is 0 Å². The zero-order valence-electron chi connectivity index (χ0n) is 11.0. The number of pyridine rings is 1. The van der Waals surface area contributed by atoms with Crippen molar-refractivity contribution in [2.45, 2.75) is 0 Å². The van der Waals surface area contributed by atoms with E-state index in [1.54, 1.807) is 30.5 Å². The summed E-state index contributed by atoms with van der Waals surface area (Å²) in [4.78, 5) is 16.4. The van der Waals surface area contributed by atoms with Crippen LogP contribution in [0.25, 0.3) is 10.9 Å². The Morgan fingerprint density at radius 2 is 2.00 bits per heavy atom. The lowest BCUT2D eigenvalue weighted by Gasteiger charge is -2.08. The number of hydrogen-bond acceptors (Lipinski definition) is 3. The summed E-state index contributed by atoms with van der Waals surface area (Å²) in [7, 11) is 0. The molecule has 0 spiro atoms. The van der Waals surface area contributed by atoms with Gasteiger partial charge in [-0.25, -0.2) is 4.39 Å². The highest BCUT2D eigenvalue weighted by molar-refractivity contribution is 6.06. The standard InChI is InChI=1S/C16H12FN3O/c17-13-5-4-12(18)9-15(13)20-16(21)11-3-6-14-10(8-11)2-1-7-19-14/h1-9H,18H2,(H,20,21). The Morgan fingerprint density at radius 1 is 1.14 bits per heavy atom. The van der Waals surface area contributed by atoms with Gasteiger partial charge in [-0.15, -0.1) is 0 Å². The van der Waals surface area contributed by atoms with E-state index in [1.165, 1.54) is 18.2 Å². The Labute approximate surface area is 120 Å². The van der Waals surface area contributed by atoms with Gasteiger partial charge < -0.3 is 11.1 Å². The molecule has 0 fully saturated rings. The molecule has 3 aromatic rings. The number of aromatic nitrogens is 1. The Kier molecular flexibility index (Phi) is 3.23. The van der Waals surface area contributed by atoms with Gasteiger partial charge in [0.2, 0.25) is 0 Å². The van der Waals surface area contributed by atoms with E-state index in [0.717, 1.165) is 10.9 Å². The Hall–Kier alpha value is -2.95. The van der Waals surface area contributed by atoms with Crippen LogP contribution in [0.5, 0.6) is 0 Å². The van der Waals surface area contributed by atoms with Crippen LogP contribution in [0.1, 0.15) is 10.4 Å². The third kappa shape index (κ3) is 2.67. The summed E-state index contributed by atoms with van der Waals surface area (Å²) in [6.07, 6.45) is 1.68. The van der Waals surface area contributed by atoms with Gasteiger partial charge in [-0.1, -0.05) is 6.07 Å². The van der Waals surface area contributed by atoms with Gasteiger partial charge in [0, 0.05) is 22.8 Å². The molecule has 0 aliphatic carbocycles. The molecule has 0 atom stereocenters. The van der Waals surface area contributed by atoms with Gasteiger partial charge in [0.15, 0.2) is 0 Å². The van der Waals surface area contributed by atoms with E-state index in [4.69, 9.17) is 5.73 Å². The molecule has 1 aromatic heterocycles. The second-order valence-corrected chi connectivity index (χ2v) is 4.60. The average Bonchev–Trinajstić information content (AvgIpc) is 2.50. The zero-order chi connectivity index (χ0) is 14.8. The van der Waals surface area contributed by atoms with Crippen molar-refractivity contribution in [1.82, 2.24) is 4.98 Å². The van der Waals surface area contributed by atoms with Gasteiger partial charge in [-0.2, -0.15) is 0 Å². The van der Waals surface area contributed by atoms with Crippen LogP contribution in [0.2, 0.25) is 0 Å². The highest BCUT2D eigenvalue weighted by atomic mass is 19.1. The van der Waals surface area contributed by atoms with Crippen LogP contribution in [0.3, 0.4) is 0 Å². The number of nitrogens with one attached hydrogen (secondary N) is 1. The van der Waals surface area contributed by atoms with Crippen LogP contribution in [-0.2, 0) is 0 Å². The van der Waals surface area contributed by atoms with Crippen LogP contribution in [0, 0.1) is 5.82 Å². The van der Waals surface area contributed by atoms with Crippen molar-refractivity contribution in [3.63, 3.8) is 0 Å². The molecule has 104 valence electrons. The topological polar surface area (TPSA) is 68.0 Å². The molecule has 0 unspecified atom stereocenters. The molecule has 0 aliphatic heterocycles. The van der Waals surface area contributed by atoms with E-state index in [9.17, 15) is 9.18 Å². The van der Waals surface area contributed by atoms with Gasteiger partial charge in [-0.05, 0) is 42.5 Å². The lowest BCUT2D eigenvalue weighted by atomic mass is 10.1. The quantitative estimate of drug-likeness (QED) is 0.709. The third-order valence-corrected chi connectivity index (χ3v) is 3.10. The second kappa shape index (κ2) is 5.20. The summed E-state index contributed by atoms with van der Waals surface area (Å²) in [5.41, 5.74) is 7.26. The molecular weight excluding hydrogens is 269 g/mol. The number of anilines is 2. The van der Waals surface area contributed by atoms with Gasteiger partial charge in [0.25, 0.3) is 5.91 Å². The van der Waals surface area contributed by atoms with Crippen LogP contribution >= 0.6 is 0 Å². The molecule has 0 radical (unpaired) electrons. The second-order valence-electron chi connectivity index (χ2n) is 4.60. The maximum Gasteiger partial charge on any atom is 0.255 e. The summed E-state index contributed by atoms with van der Waals surface area (Å²) in [5, 5.41) is 3.36. The zero-order valence-corrected chi connectivity index (χ0v) is 11.0. The minimum Gasteiger partial charge on any atom is -0.399 e.